The summed E-state index contributed by atoms with van der Waals surface area (Å²) in [5, 5.41) is 6.97. The van der Waals surface area contributed by atoms with E-state index in [2.05, 4.69) is 10.5 Å². The van der Waals surface area contributed by atoms with Gasteiger partial charge in [0, 0.05) is 11.8 Å². The van der Waals surface area contributed by atoms with Crippen LogP contribution in [0, 0.1) is 0 Å². The summed E-state index contributed by atoms with van der Waals surface area (Å²) < 4.78 is 43.2. The number of nitrogens with one attached hydrogen (secondary N) is 1. The van der Waals surface area contributed by atoms with Gasteiger partial charge in [0.25, 0.3) is 0 Å². The molecule has 98 valence electrons. The van der Waals surface area contributed by atoms with Crippen molar-refractivity contribution in [2.24, 2.45) is 0 Å². The summed E-state index contributed by atoms with van der Waals surface area (Å²) in [5.74, 6) is 0.506. The molecule has 6 heteroatoms. The Bertz CT molecular complexity index is 534. The van der Waals surface area contributed by atoms with Gasteiger partial charge in [0.2, 0.25) is 0 Å². The van der Waals surface area contributed by atoms with Crippen molar-refractivity contribution in [3.63, 3.8) is 0 Å². The lowest BCUT2D eigenvalue weighted by Gasteiger charge is -2.05. The van der Waals surface area contributed by atoms with E-state index in [0.717, 1.165) is 19.0 Å². The van der Waals surface area contributed by atoms with Crippen molar-refractivity contribution in [1.82, 2.24) is 10.5 Å². The molecule has 3 nitrogen and oxygen atoms in total. The minimum Gasteiger partial charge on any atom is -0.360 e. The number of hydrogen-bond donors (Lipinski definition) is 1. The Balaban J connectivity index is 2.36. The minimum atomic E-state index is -4.40. The van der Waals surface area contributed by atoms with Crippen LogP contribution in [0.25, 0.3) is 10.9 Å². The van der Waals surface area contributed by atoms with E-state index in [0.29, 0.717) is 17.6 Å². The Morgan fingerprint density at radius 1 is 1.33 bits per heavy atom. The van der Waals surface area contributed by atoms with Gasteiger partial charge in [-0.3, -0.25) is 0 Å². The second kappa shape index (κ2) is 4.97. The number of fused-ring (bicyclic) bond motifs is 1. The molecule has 2 aromatic rings. The van der Waals surface area contributed by atoms with Gasteiger partial charge >= 0.3 is 6.18 Å². The maximum absolute atomic E-state index is 12.7. The number of hydrogen-bond acceptors (Lipinski definition) is 3. The summed E-state index contributed by atoms with van der Waals surface area (Å²) in [7, 11) is 1.82. The predicted molar refractivity (Wildman–Crippen MR) is 61.3 cm³/mol. The SMILES string of the molecule is CNCCCc1onc2c(C(F)(F)F)cccc12. The van der Waals surface area contributed by atoms with E-state index in [1.807, 2.05) is 7.05 Å². The lowest BCUT2D eigenvalue weighted by Crippen LogP contribution is -2.08. The number of rotatable bonds is 4. The highest BCUT2D eigenvalue weighted by Crippen LogP contribution is 2.35. The highest BCUT2D eigenvalue weighted by Gasteiger charge is 2.34. The molecule has 0 aliphatic heterocycles. The molecule has 0 spiro atoms. The molecule has 0 radical (unpaired) electrons. The van der Waals surface area contributed by atoms with E-state index in [1.165, 1.54) is 6.07 Å². The molecular formula is C12H13F3N2O. The van der Waals surface area contributed by atoms with Crippen molar-refractivity contribution in [3.05, 3.63) is 29.5 Å². The van der Waals surface area contributed by atoms with Crippen LogP contribution in [0.3, 0.4) is 0 Å². The smallest absolute Gasteiger partial charge is 0.360 e. The average Bonchev–Trinajstić information content (AvgIpc) is 2.71. The fraction of sp³-hybridized carbons (Fsp3) is 0.417. The standard InChI is InChI=1S/C12H13F3N2O/c1-16-7-3-6-10-8-4-2-5-9(12(13,14)15)11(8)17-18-10/h2,4-5,16H,3,6-7H2,1H3. The van der Waals surface area contributed by atoms with Gasteiger partial charge in [-0.1, -0.05) is 11.2 Å². The number of aromatic nitrogens is 1. The number of halogens is 3. The maximum Gasteiger partial charge on any atom is 0.418 e. The lowest BCUT2D eigenvalue weighted by molar-refractivity contribution is -0.136. The van der Waals surface area contributed by atoms with Crippen LogP contribution in [0.2, 0.25) is 0 Å². The number of aryl methyl sites for hydroxylation is 1. The Morgan fingerprint density at radius 2 is 2.11 bits per heavy atom. The van der Waals surface area contributed by atoms with Crippen LogP contribution < -0.4 is 5.32 Å². The van der Waals surface area contributed by atoms with Gasteiger partial charge in [0.05, 0.1) is 5.56 Å². The zero-order valence-corrected chi connectivity index (χ0v) is 9.84. The molecule has 0 saturated heterocycles. The molecule has 0 saturated carbocycles. The molecule has 18 heavy (non-hydrogen) atoms. The van der Waals surface area contributed by atoms with Crippen LogP contribution in [0.4, 0.5) is 13.2 Å². The third-order valence-electron chi connectivity index (χ3n) is 2.72. The Kier molecular flexibility index (Phi) is 3.56. The van der Waals surface area contributed by atoms with Gasteiger partial charge in [-0.05, 0) is 32.1 Å². The Hall–Kier alpha value is -1.56. The van der Waals surface area contributed by atoms with Crippen LogP contribution in [0.5, 0.6) is 0 Å². The highest BCUT2D eigenvalue weighted by molar-refractivity contribution is 5.84. The first-order chi connectivity index (χ1) is 8.54. The molecule has 1 aromatic heterocycles. The first-order valence-corrected chi connectivity index (χ1v) is 5.63. The van der Waals surface area contributed by atoms with E-state index < -0.39 is 11.7 Å². The Labute approximate surface area is 102 Å². The molecule has 0 bridgehead atoms. The molecule has 0 aliphatic rings. The summed E-state index contributed by atoms with van der Waals surface area (Å²) in [6, 6.07) is 4.00. The zero-order valence-electron chi connectivity index (χ0n) is 9.84. The highest BCUT2D eigenvalue weighted by atomic mass is 19.4. The topological polar surface area (TPSA) is 38.1 Å². The van der Waals surface area contributed by atoms with E-state index in [1.54, 1.807) is 6.07 Å². The first-order valence-electron chi connectivity index (χ1n) is 5.63. The van der Waals surface area contributed by atoms with Gasteiger partial charge in [0.15, 0.2) is 0 Å². The van der Waals surface area contributed by atoms with Crippen molar-refractivity contribution in [1.29, 1.82) is 0 Å². The summed E-state index contributed by atoms with van der Waals surface area (Å²) >= 11 is 0. The van der Waals surface area contributed by atoms with Crippen LogP contribution in [-0.4, -0.2) is 18.7 Å². The summed E-state index contributed by atoms with van der Waals surface area (Å²) in [6.45, 7) is 0.779. The summed E-state index contributed by atoms with van der Waals surface area (Å²) in [5.41, 5.74) is -0.854. The van der Waals surface area contributed by atoms with Gasteiger partial charge < -0.3 is 9.84 Å². The van der Waals surface area contributed by atoms with Crippen LogP contribution >= 0.6 is 0 Å². The van der Waals surface area contributed by atoms with E-state index >= 15 is 0 Å². The largest absolute Gasteiger partial charge is 0.418 e. The lowest BCUT2D eigenvalue weighted by atomic mass is 10.1. The van der Waals surface area contributed by atoms with Crippen molar-refractivity contribution >= 4 is 10.9 Å². The summed E-state index contributed by atoms with van der Waals surface area (Å²) in [4.78, 5) is 0. The molecule has 0 fully saturated rings. The van der Waals surface area contributed by atoms with Gasteiger partial charge in [-0.2, -0.15) is 13.2 Å². The maximum atomic E-state index is 12.7. The second-order valence-electron chi connectivity index (χ2n) is 4.01. The van der Waals surface area contributed by atoms with Gasteiger partial charge in [0.1, 0.15) is 11.3 Å². The molecule has 1 aromatic carbocycles. The molecular weight excluding hydrogens is 245 g/mol. The number of nitrogens with zero attached hydrogens (tertiary/aromatic N) is 1. The van der Waals surface area contributed by atoms with Crippen LogP contribution in [0.15, 0.2) is 22.7 Å². The van der Waals surface area contributed by atoms with E-state index in [4.69, 9.17) is 4.52 Å². The number of alkyl halides is 3. The van der Waals surface area contributed by atoms with E-state index in [9.17, 15) is 13.2 Å². The molecule has 2 rings (SSSR count). The predicted octanol–water partition coefficient (Wildman–Crippen LogP) is 3.00. The van der Waals surface area contributed by atoms with E-state index in [-0.39, 0.29) is 5.52 Å². The molecule has 1 N–H and O–H groups in total. The molecule has 1 heterocycles. The molecule has 0 unspecified atom stereocenters. The van der Waals surface area contributed by atoms with Crippen molar-refractivity contribution in [2.45, 2.75) is 19.0 Å². The third-order valence-corrected chi connectivity index (χ3v) is 2.72. The van der Waals surface area contributed by atoms with Gasteiger partial charge in [-0.25, -0.2) is 0 Å². The van der Waals surface area contributed by atoms with Crippen molar-refractivity contribution in [2.75, 3.05) is 13.6 Å². The normalized spacial score (nSPS) is 12.2. The van der Waals surface area contributed by atoms with Crippen LogP contribution in [-0.2, 0) is 12.6 Å². The zero-order chi connectivity index (χ0) is 13.2. The van der Waals surface area contributed by atoms with Crippen LogP contribution in [0.1, 0.15) is 17.7 Å². The minimum absolute atomic E-state index is 0.107. The monoisotopic (exact) mass is 258 g/mol. The van der Waals surface area contributed by atoms with Crippen molar-refractivity contribution < 1.29 is 17.7 Å². The second-order valence-corrected chi connectivity index (χ2v) is 4.01. The quantitative estimate of drug-likeness (QED) is 0.857. The fourth-order valence-corrected chi connectivity index (χ4v) is 1.85. The number of benzene rings is 1. The third kappa shape index (κ3) is 2.48. The van der Waals surface area contributed by atoms with Gasteiger partial charge in [-0.15, -0.1) is 0 Å². The first kappa shape index (κ1) is 12.9. The Morgan fingerprint density at radius 3 is 2.78 bits per heavy atom. The molecule has 0 atom stereocenters. The fourth-order valence-electron chi connectivity index (χ4n) is 1.85. The molecule has 0 aliphatic carbocycles. The van der Waals surface area contributed by atoms with Crippen molar-refractivity contribution in [3.8, 4) is 0 Å². The summed E-state index contributed by atoms with van der Waals surface area (Å²) in [6.07, 6.45) is -3.05. The molecule has 0 amide bonds. The average molecular weight is 258 g/mol.